The number of anilines is 1. The fourth-order valence-electron chi connectivity index (χ4n) is 3.60. The Kier molecular flexibility index (Phi) is 6.95. The van der Waals surface area contributed by atoms with Crippen molar-refractivity contribution in [3.05, 3.63) is 51.9 Å². The van der Waals surface area contributed by atoms with E-state index in [-0.39, 0.29) is 12.2 Å². The predicted octanol–water partition coefficient (Wildman–Crippen LogP) is 5.16. The van der Waals surface area contributed by atoms with Crippen molar-refractivity contribution in [3.8, 4) is 11.1 Å². The highest BCUT2D eigenvalue weighted by Crippen LogP contribution is 2.41. The number of halogens is 1. The summed E-state index contributed by atoms with van der Waals surface area (Å²) in [5.74, 6) is -3.48. The second-order valence-electron chi connectivity index (χ2n) is 6.95. The summed E-state index contributed by atoms with van der Waals surface area (Å²) >= 11 is 7.39. The van der Waals surface area contributed by atoms with Gasteiger partial charge in [-0.15, -0.1) is 11.3 Å². The average molecular weight is 448 g/mol. The van der Waals surface area contributed by atoms with Crippen LogP contribution in [0, 0.1) is 18.8 Å². The van der Waals surface area contributed by atoms with Gasteiger partial charge in [0.2, 0.25) is 5.91 Å². The third-order valence-corrected chi connectivity index (χ3v) is 6.26. The van der Waals surface area contributed by atoms with Crippen molar-refractivity contribution in [3.63, 3.8) is 0 Å². The Hall–Kier alpha value is -2.64. The molecule has 1 aromatic carbocycles. The first-order valence-electron chi connectivity index (χ1n) is 9.58. The van der Waals surface area contributed by atoms with Gasteiger partial charge < -0.3 is 15.2 Å². The summed E-state index contributed by atoms with van der Waals surface area (Å²) in [6, 6.07) is 7.11. The van der Waals surface area contributed by atoms with Crippen molar-refractivity contribution in [2.24, 2.45) is 11.8 Å². The Labute approximate surface area is 183 Å². The first kappa shape index (κ1) is 22.1. The molecule has 2 aromatic rings. The Morgan fingerprint density at radius 3 is 2.57 bits per heavy atom. The fraction of sp³-hybridized carbons (Fsp3) is 0.318. The van der Waals surface area contributed by atoms with Gasteiger partial charge in [-0.3, -0.25) is 9.59 Å². The largest absolute Gasteiger partial charge is 0.481 e. The van der Waals surface area contributed by atoms with Crippen LogP contribution in [0.3, 0.4) is 0 Å². The quantitative estimate of drug-likeness (QED) is 0.471. The molecule has 0 bridgehead atoms. The topological polar surface area (TPSA) is 92.7 Å². The Morgan fingerprint density at radius 1 is 1.23 bits per heavy atom. The maximum absolute atomic E-state index is 13.0. The van der Waals surface area contributed by atoms with Gasteiger partial charge in [-0.1, -0.05) is 35.9 Å². The van der Waals surface area contributed by atoms with Crippen LogP contribution in [0.2, 0.25) is 5.02 Å². The number of allylic oxidation sites excluding steroid dienone is 2. The van der Waals surface area contributed by atoms with Crippen LogP contribution in [0.15, 0.2) is 36.4 Å². The molecule has 1 heterocycles. The molecule has 6 nitrogen and oxygen atoms in total. The number of benzene rings is 1. The van der Waals surface area contributed by atoms with E-state index in [1.54, 1.807) is 31.2 Å². The standard InChI is InChI=1S/C22H22ClNO5S/c1-3-29-22(28)18-17(13-7-6-8-14(23)11-13)12(2)30-20(18)24-19(25)15-9-4-5-10-16(15)21(26)27/h4-8,11,15-16H,3,9-10H2,1-2H3,(H,24,25)(H,26,27)/t15-,16+/m0/s1. The molecule has 1 aliphatic rings. The summed E-state index contributed by atoms with van der Waals surface area (Å²) in [5, 5.41) is 13.1. The number of rotatable bonds is 6. The molecule has 0 saturated heterocycles. The molecule has 158 valence electrons. The lowest BCUT2D eigenvalue weighted by molar-refractivity contribution is -0.146. The second-order valence-corrected chi connectivity index (χ2v) is 8.61. The van der Waals surface area contributed by atoms with Gasteiger partial charge in [0.05, 0.1) is 18.4 Å². The first-order valence-corrected chi connectivity index (χ1v) is 10.8. The first-order chi connectivity index (χ1) is 14.3. The van der Waals surface area contributed by atoms with Crippen molar-refractivity contribution in [2.75, 3.05) is 11.9 Å². The highest BCUT2D eigenvalue weighted by atomic mass is 35.5. The van der Waals surface area contributed by atoms with Gasteiger partial charge in [0.1, 0.15) is 10.6 Å². The fourth-order valence-corrected chi connectivity index (χ4v) is 4.86. The van der Waals surface area contributed by atoms with Gasteiger partial charge in [-0.05, 0) is 44.4 Å². The Balaban J connectivity index is 2.01. The van der Waals surface area contributed by atoms with Crippen LogP contribution in [-0.4, -0.2) is 29.6 Å². The molecule has 1 aromatic heterocycles. The van der Waals surface area contributed by atoms with Crippen LogP contribution in [0.25, 0.3) is 11.1 Å². The molecule has 30 heavy (non-hydrogen) atoms. The molecule has 0 radical (unpaired) electrons. The van der Waals surface area contributed by atoms with Crippen LogP contribution in [0.1, 0.15) is 35.0 Å². The zero-order valence-corrected chi connectivity index (χ0v) is 18.2. The zero-order valence-electron chi connectivity index (χ0n) is 16.6. The van der Waals surface area contributed by atoms with E-state index >= 15 is 0 Å². The maximum Gasteiger partial charge on any atom is 0.341 e. The number of carboxylic acids is 1. The maximum atomic E-state index is 13.0. The monoisotopic (exact) mass is 447 g/mol. The van der Waals surface area contributed by atoms with Crippen LogP contribution < -0.4 is 5.32 Å². The molecule has 0 spiro atoms. The van der Waals surface area contributed by atoms with E-state index in [4.69, 9.17) is 16.3 Å². The minimum atomic E-state index is -1.01. The van der Waals surface area contributed by atoms with Crippen LogP contribution >= 0.6 is 22.9 Å². The number of hydrogen-bond donors (Lipinski definition) is 2. The minimum Gasteiger partial charge on any atom is -0.481 e. The van der Waals surface area contributed by atoms with E-state index in [0.717, 1.165) is 10.4 Å². The summed E-state index contributed by atoms with van der Waals surface area (Å²) in [6.07, 6.45) is 4.23. The van der Waals surface area contributed by atoms with Crippen molar-refractivity contribution in [1.29, 1.82) is 0 Å². The molecule has 2 N–H and O–H groups in total. The number of carboxylic acid groups (broad SMARTS) is 1. The average Bonchev–Trinajstić information content (AvgIpc) is 3.03. The molecule has 8 heteroatoms. The van der Waals surface area contributed by atoms with E-state index < -0.39 is 29.7 Å². The Bertz CT molecular complexity index is 1010. The van der Waals surface area contributed by atoms with Gasteiger partial charge >= 0.3 is 11.9 Å². The number of carbonyl (C=O) groups is 3. The number of aryl methyl sites for hydroxylation is 1. The molecular weight excluding hydrogens is 426 g/mol. The van der Waals surface area contributed by atoms with E-state index in [1.165, 1.54) is 11.3 Å². The third kappa shape index (κ3) is 4.57. The van der Waals surface area contributed by atoms with Gasteiger partial charge in [-0.25, -0.2) is 4.79 Å². The molecule has 0 unspecified atom stereocenters. The molecule has 1 aliphatic carbocycles. The van der Waals surface area contributed by atoms with Crippen molar-refractivity contribution in [1.82, 2.24) is 0 Å². The Morgan fingerprint density at radius 2 is 1.93 bits per heavy atom. The summed E-state index contributed by atoms with van der Waals surface area (Å²) in [6.45, 7) is 3.74. The second kappa shape index (κ2) is 9.45. The summed E-state index contributed by atoms with van der Waals surface area (Å²) in [5.41, 5.74) is 1.64. The highest BCUT2D eigenvalue weighted by molar-refractivity contribution is 7.17. The number of ether oxygens (including phenoxy) is 1. The lowest BCUT2D eigenvalue weighted by atomic mass is 9.82. The number of carbonyl (C=O) groups excluding carboxylic acids is 2. The van der Waals surface area contributed by atoms with Crippen molar-refractivity contribution < 1.29 is 24.2 Å². The van der Waals surface area contributed by atoms with Gasteiger partial charge in [0.15, 0.2) is 0 Å². The molecule has 0 aliphatic heterocycles. The molecule has 3 rings (SSSR count). The summed E-state index contributed by atoms with van der Waals surface area (Å²) in [4.78, 5) is 38.1. The predicted molar refractivity (Wildman–Crippen MR) is 117 cm³/mol. The summed E-state index contributed by atoms with van der Waals surface area (Å²) in [7, 11) is 0. The number of esters is 1. The molecule has 0 saturated carbocycles. The lowest BCUT2D eigenvalue weighted by Crippen LogP contribution is -2.34. The van der Waals surface area contributed by atoms with Gasteiger partial charge in [0, 0.05) is 15.5 Å². The normalized spacial score (nSPS) is 18.1. The minimum absolute atomic E-state index is 0.185. The lowest BCUT2D eigenvalue weighted by Gasteiger charge is -2.24. The summed E-state index contributed by atoms with van der Waals surface area (Å²) < 4.78 is 5.24. The van der Waals surface area contributed by atoms with Crippen LogP contribution in [-0.2, 0) is 14.3 Å². The number of amides is 1. The molecule has 0 fully saturated rings. The zero-order chi connectivity index (χ0) is 21.8. The van der Waals surface area contributed by atoms with E-state index in [2.05, 4.69) is 5.32 Å². The SMILES string of the molecule is CCOC(=O)c1c(NC(=O)[C@H]2CC=CC[C@H]2C(=O)O)sc(C)c1-c1cccc(Cl)c1. The van der Waals surface area contributed by atoms with Crippen LogP contribution in [0.4, 0.5) is 5.00 Å². The number of hydrogen-bond acceptors (Lipinski definition) is 5. The molecular formula is C22H22ClNO5S. The van der Waals surface area contributed by atoms with Crippen LogP contribution in [0.5, 0.6) is 0 Å². The van der Waals surface area contributed by atoms with Gasteiger partial charge in [0.25, 0.3) is 0 Å². The van der Waals surface area contributed by atoms with E-state index in [0.29, 0.717) is 28.4 Å². The third-order valence-electron chi connectivity index (χ3n) is 5.00. The van der Waals surface area contributed by atoms with Gasteiger partial charge in [-0.2, -0.15) is 0 Å². The number of aliphatic carboxylic acids is 1. The van der Waals surface area contributed by atoms with E-state index in [1.807, 2.05) is 19.1 Å². The highest BCUT2D eigenvalue weighted by Gasteiger charge is 2.35. The number of thiophene rings is 1. The van der Waals surface area contributed by atoms with E-state index in [9.17, 15) is 19.5 Å². The van der Waals surface area contributed by atoms with Crippen molar-refractivity contribution >= 4 is 45.8 Å². The molecule has 1 amide bonds. The van der Waals surface area contributed by atoms with Crippen molar-refractivity contribution in [2.45, 2.75) is 26.7 Å². The smallest absolute Gasteiger partial charge is 0.341 e. The number of nitrogens with one attached hydrogen (secondary N) is 1. The molecule has 2 atom stereocenters.